The quantitative estimate of drug-likeness (QED) is 0.663. The number of hydrogen-bond donors (Lipinski definition) is 3. The smallest absolute Gasteiger partial charge is 0.282 e. The fourth-order valence-corrected chi connectivity index (χ4v) is 3.88. The van der Waals surface area contributed by atoms with E-state index in [0.717, 1.165) is 44.0 Å². The molecular formula is C21H27ClFN3O2+2. The Bertz CT molecular complexity index is 825. The number of rotatable bonds is 6. The second-order valence-corrected chi connectivity index (χ2v) is 7.70. The SMILES string of the molecule is COc1ccc(F)cc1C[NH+]1CC[NH+]([C@H](C)C(=O)Nc2cccc(Cl)c2)CC1. The number of benzene rings is 2. The molecule has 0 aromatic heterocycles. The first-order valence-corrected chi connectivity index (χ1v) is 9.91. The maximum absolute atomic E-state index is 13.6. The minimum Gasteiger partial charge on any atom is -0.496 e. The van der Waals surface area contributed by atoms with Gasteiger partial charge >= 0.3 is 0 Å². The molecule has 1 saturated heterocycles. The highest BCUT2D eigenvalue weighted by molar-refractivity contribution is 6.30. The van der Waals surface area contributed by atoms with E-state index in [0.29, 0.717) is 10.7 Å². The second-order valence-electron chi connectivity index (χ2n) is 7.26. The lowest BCUT2D eigenvalue weighted by Gasteiger charge is -2.32. The van der Waals surface area contributed by atoms with Gasteiger partial charge in [-0.05, 0) is 43.3 Å². The number of halogens is 2. The van der Waals surface area contributed by atoms with Crippen molar-refractivity contribution in [2.75, 3.05) is 38.6 Å². The Morgan fingerprint density at radius 1 is 1.21 bits per heavy atom. The monoisotopic (exact) mass is 407 g/mol. The first-order chi connectivity index (χ1) is 13.5. The molecule has 1 amide bonds. The third-order valence-electron chi connectivity index (χ3n) is 5.38. The summed E-state index contributed by atoms with van der Waals surface area (Å²) in [6.45, 7) is 6.29. The minimum absolute atomic E-state index is 0.00693. The molecule has 2 aromatic carbocycles. The zero-order valence-electron chi connectivity index (χ0n) is 16.2. The molecule has 1 aliphatic rings. The van der Waals surface area contributed by atoms with Gasteiger partial charge in [0.1, 0.15) is 44.3 Å². The first kappa shape index (κ1) is 20.6. The van der Waals surface area contributed by atoms with Crippen LogP contribution in [-0.4, -0.2) is 45.2 Å². The van der Waals surface area contributed by atoms with Crippen molar-refractivity contribution in [1.29, 1.82) is 0 Å². The topological polar surface area (TPSA) is 47.2 Å². The average molecular weight is 408 g/mol. The molecule has 2 aromatic rings. The molecule has 150 valence electrons. The van der Waals surface area contributed by atoms with Crippen LogP contribution in [-0.2, 0) is 11.3 Å². The van der Waals surface area contributed by atoms with Crippen molar-refractivity contribution in [3.05, 3.63) is 58.9 Å². The Morgan fingerprint density at radius 3 is 2.64 bits per heavy atom. The minimum atomic E-state index is -0.245. The molecule has 5 nitrogen and oxygen atoms in total. The van der Waals surface area contributed by atoms with Gasteiger partial charge in [0.15, 0.2) is 6.04 Å². The van der Waals surface area contributed by atoms with Crippen LogP contribution >= 0.6 is 11.6 Å². The Morgan fingerprint density at radius 2 is 1.96 bits per heavy atom. The zero-order chi connectivity index (χ0) is 20.1. The van der Waals surface area contributed by atoms with E-state index in [-0.39, 0.29) is 17.8 Å². The Hall–Kier alpha value is -2.15. The van der Waals surface area contributed by atoms with Gasteiger partial charge in [-0.2, -0.15) is 0 Å². The molecule has 0 spiro atoms. The van der Waals surface area contributed by atoms with E-state index < -0.39 is 0 Å². The van der Waals surface area contributed by atoms with E-state index in [1.165, 1.54) is 15.9 Å². The van der Waals surface area contributed by atoms with Crippen molar-refractivity contribution < 1.29 is 23.7 Å². The molecule has 0 radical (unpaired) electrons. The Balaban J connectivity index is 1.53. The maximum atomic E-state index is 13.6. The van der Waals surface area contributed by atoms with Gasteiger partial charge in [-0.25, -0.2) is 4.39 Å². The lowest BCUT2D eigenvalue weighted by atomic mass is 10.1. The molecule has 0 aliphatic carbocycles. The number of amides is 1. The summed E-state index contributed by atoms with van der Waals surface area (Å²) in [6, 6.07) is 11.7. The maximum Gasteiger partial charge on any atom is 0.282 e. The van der Waals surface area contributed by atoms with Gasteiger partial charge in [0.25, 0.3) is 5.91 Å². The van der Waals surface area contributed by atoms with E-state index >= 15 is 0 Å². The number of anilines is 1. The van der Waals surface area contributed by atoms with Crippen LogP contribution in [0.4, 0.5) is 10.1 Å². The van der Waals surface area contributed by atoms with Gasteiger partial charge in [0, 0.05) is 10.7 Å². The number of quaternary nitrogens is 2. The highest BCUT2D eigenvalue weighted by atomic mass is 35.5. The van der Waals surface area contributed by atoms with E-state index in [1.54, 1.807) is 31.4 Å². The lowest BCUT2D eigenvalue weighted by molar-refractivity contribution is -1.02. The van der Waals surface area contributed by atoms with Gasteiger partial charge in [-0.1, -0.05) is 17.7 Å². The summed E-state index contributed by atoms with van der Waals surface area (Å²) < 4.78 is 18.9. The molecule has 0 unspecified atom stereocenters. The van der Waals surface area contributed by atoms with Crippen molar-refractivity contribution in [1.82, 2.24) is 0 Å². The van der Waals surface area contributed by atoms with Crippen LogP contribution in [0.1, 0.15) is 12.5 Å². The Kier molecular flexibility index (Phi) is 6.88. The average Bonchev–Trinajstić information content (AvgIpc) is 2.68. The van der Waals surface area contributed by atoms with Crippen LogP contribution in [0.25, 0.3) is 0 Å². The highest BCUT2D eigenvalue weighted by Gasteiger charge is 2.31. The molecule has 0 saturated carbocycles. The summed E-state index contributed by atoms with van der Waals surface area (Å²) >= 11 is 5.98. The molecular weight excluding hydrogens is 381 g/mol. The predicted molar refractivity (Wildman–Crippen MR) is 108 cm³/mol. The molecule has 0 bridgehead atoms. The fraction of sp³-hybridized carbons (Fsp3) is 0.381. The third kappa shape index (κ3) is 5.22. The van der Waals surface area contributed by atoms with Crippen LogP contribution in [0.2, 0.25) is 5.02 Å². The number of hydrogen-bond acceptors (Lipinski definition) is 2. The van der Waals surface area contributed by atoms with Crippen molar-refractivity contribution >= 4 is 23.2 Å². The number of ether oxygens (including phenoxy) is 1. The van der Waals surface area contributed by atoms with E-state index in [4.69, 9.17) is 16.3 Å². The number of carbonyl (C=O) groups excluding carboxylic acids is 1. The van der Waals surface area contributed by atoms with Crippen LogP contribution in [0.3, 0.4) is 0 Å². The van der Waals surface area contributed by atoms with Crippen molar-refractivity contribution in [2.24, 2.45) is 0 Å². The normalized spacial score (nSPS) is 20.4. The molecule has 3 N–H and O–H groups in total. The Labute approximate surface area is 170 Å². The van der Waals surface area contributed by atoms with Crippen molar-refractivity contribution in [3.8, 4) is 5.75 Å². The number of methoxy groups -OCH3 is 1. The van der Waals surface area contributed by atoms with E-state index in [1.807, 2.05) is 19.1 Å². The first-order valence-electron chi connectivity index (χ1n) is 9.53. The number of nitrogens with one attached hydrogen (secondary N) is 3. The van der Waals surface area contributed by atoms with E-state index in [2.05, 4.69) is 5.32 Å². The zero-order valence-corrected chi connectivity index (χ0v) is 17.0. The van der Waals surface area contributed by atoms with Gasteiger partial charge in [-0.3, -0.25) is 4.79 Å². The summed E-state index contributed by atoms with van der Waals surface area (Å²) in [5, 5.41) is 3.54. The molecule has 1 fully saturated rings. The van der Waals surface area contributed by atoms with Crippen LogP contribution < -0.4 is 19.9 Å². The summed E-state index contributed by atoms with van der Waals surface area (Å²) in [6.07, 6.45) is 0. The predicted octanol–water partition coefficient (Wildman–Crippen LogP) is 0.798. The molecule has 3 rings (SSSR count). The fourth-order valence-electron chi connectivity index (χ4n) is 3.69. The second kappa shape index (κ2) is 9.37. The summed E-state index contributed by atoms with van der Waals surface area (Å²) in [5.74, 6) is 0.469. The number of carbonyl (C=O) groups is 1. The van der Waals surface area contributed by atoms with Crippen LogP contribution in [0.5, 0.6) is 5.75 Å². The highest BCUT2D eigenvalue weighted by Crippen LogP contribution is 2.18. The summed E-state index contributed by atoms with van der Waals surface area (Å²) in [5.41, 5.74) is 1.60. The molecule has 7 heteroatoms. The standard InChI is InChI=1S/C21H25ClFN3O2/c1-15(21(27)24-19-5-3-4-17(22)13-19)26-10-8-25(9-11-26)14-16-12-18(23)6-7-20(16)28-2/h3-7,12-13,15H,8-11,14H2,1-2H3,(H,24,27)/p+2/t15-/m1/s1. The van der Waals surface area contributed by atoms with Crippen LogP contribution in [0, 0.1) is 5.82 Å². The summed E-state index contributed by atoms with van der Waals surface area (Å²) in [4.78, 5) is 15.2. The number of piperazine rings is 1. The molecule has 1 heterocycles. The molecule has 1 atom stereocenters. The lowest BCUT2D eigenvalue weighted by Crippen LogP contribution is -3.29. The third-order valence-corrected chi connectivity index (χ3v) is 5.62. The molecule has 28 heavy (non-hydrogen) atoms. The van der Waals surface area contributed by atoms with Gasteiger partial charge in [0.2, 0.25) is 0 Å². The van der Waals surface area contributed by atoms with Crippen molar-refractivity contribution in [3.63, 3.8) is 0 Å². The van der Waals surface area contributed by atoms with Crippen LogP contribution in [0.15, 0.2) is 42.5 Å². The largest absolute Gasteiger partial charge is 0.496 e. The van der Waals surface area contributed by atoms with Gasteiger partial charge in [0.05, 0.1) is 12.7 Å². The van der Waals surface area contributed by atoms with Gasteiger partial charge in [-0.15, -0.1) is 0 Å². The van der Waals surface area contributed by atoms with Gasteiger partial charge < -0.3 is 19.9 Å². The summed E-state index contributed by atoms with van der Waals surface area (Å²) in [7, 11) is 1.61. The van der Waals surface area contributed by atoms with E-state index in [9.17, 15) is 9.18 Å². The molecule has 1 aliphatic heterocycles. The van der Waals surface area contributed by atoms with Crippen molar-refractivity contribution in [2.45, 2.75) is 19.5 Å².